The molecule has 21 heavy (non-hydrogen) atoms. The first-order chi connectivity index (χ1) is 10.4. The quantitative estimate of drug-likeness (QED) is 0.765. The van der Waals surface area contributed by atoms with Crippen molar-refractivity contribution in [3.05, 3.63) is 60.4 Å². The highest BCUT2D eigenvalue weighted by atomic mass is 32.2. The normalized spacial score (nSPS) is 17.4. The van der Waals surface area contributed by atoms with E-state index < -0.39 is 0 Å². The molecule has 1 atom stereocenters. The maximum atomic E-state index is 4.44. The van der Waals surface area contributed by atoms with Gasteiger partial charge in [0.1, 0.15) is 12.1 Å². The second-order valence-electron chi connectivity index (χ2n) is 5.11. The van der Waals surface area contributed by atoms with E-state index in [1.54, 1.807) is 6.33 Å². The zero-order valence-electron chi connectivity index (χ0n) is 11.5. The summed E-state index contributed by atoms with van der Waals surface area (Å²) in [5.41, 5.74) is 2.35. The molecule has 2 heterocycles. The number of fused-ring (bicyclic) bond motifs is 2. The Morgan fingerprint density at radius 1 is 1.00 bits per heavy atom. The standard InChI is InChI=1S/C17H15N3S/c1-3-7-14-13(6-1)17(19-11-18-14)20-15-9-10-21-16-8-4-2-5-12(15)16/h1-8,11,15H,9-10H2,(H,18,19,20)/t15-/m1/s1. The Morgan fingerprint density at radius 3 is 2.86 bits per heavy atom. The van der Waals surface area contributed by atoms with Crippen LogP contribution in [-0.2, 0) is 0 Å². The van der Waals surface area contributed by atoms with Gasteiger partial charge in [-0.2, -0.15) is 0 Å². The van der Waals surface area contributed by atoms with E-state index in [4.69, 9.17) is 0 Å². The number of thioether (sulfide) groups is 1. The van der Waals surface area contributed by atoms with E-state index in [0.29, 0.717) is 6.04 Å². The lowest BCUT2D eigenvalue weighted by Crippen LogP contribution is -2.17. The fourth-order valence-corrected chi connectivity index (χ4v) is 3.90. The molecule has 3 aromatic rings. The Balaban J connectivity index is 1.73. The Morgan fingerprint density at radius 2 is 1.86 bits per heavy atom. The number of hydrogen-bond acceptors (Lipinski definition) is 4. The van der Waals surface area contributed by atoms with E-state index in [1.807, 2.05) is 30.0 Å². The van der Waals surface area contributed by atoms with Crippen molar-refractivity contribution in [1.82, 2.24) is 9.97 Å². The van der Waals surface area contributed by atoms with E-state index in [0.717, 1.165) is 28.9 Å². The molecule has 1 aliphatic heterocycles. The van der Waals surface area contributed by atoms with E-state index in [1.165, 1.54) is 10.5 Å². The smallest absolute Gasteiger partial charge is 0.137 e. The fraction of sp³-hybridized carbons (Fsp3) is 0.176. The van der Waals surface area contributed by atoms with Gasteiger partial charge in [0.05, 0.1) is 11.6 Å². The summed E-state index contributed by atoms with van der Waals surface area (Å²) in [6.07, 6.45) is 2.74. The highest BCUT2D eigenvalue weighted by molar-refractivity contribution is 7.99. The molecule has 0 radical (unpaired) electrons. The minimum absolute atomic E-state index is 0.320. The lowest BCUT2D eigenvalue weighted by molar-refractivity contribution is 0.725. The number of para-hydroxylation sites is 1. The molecule has 4 rings (SSSR count). The molecule has 0 bridgehead atoms. The zero-order chi connectivity index (χ0) is 14.1. The Hall–Kier alpha value is -2.07. The summed E-state index contributed by atoms with van der Waals surface area (Å²) in [6, 6.07) is 17.1. The predicted octanol–water partition coefficient (Wildman–Crippen LogP) is 4.28. The monoisotopic (exact) mass is 293 g/mol. The number of nitrogens with zero attached hydrogens (tertiary/aromatic N) is 2. The van der Waals surface area contributed by atoms with Crippen molar-refractivity contribution < 1.29 is 0 Å². The third kappa shape index (κ3) is 2.36. The molecule has 3 nitrogen and oxygen atoms in total. The fourth-order valence-electron chi connectivity index (χ4n) is 2.78. The molecule has 1 N–H and O–H groups in total. The van der Waals surface area contributed by atoms with Crippen LogP contribution in [0, 0.1) is 0 Å². The third-order valence-electron chi connectivity index (χ3n) is 3.81. The van der Waals surface area contributed by atoms with Crippen LogP contribution in [0.15, 0.2) is 59.8 Å². The van der Waals surface area contributed by atoms with Crippen molar-refractivity contribution in [3.63, 3.8) is 0 Å². The first-order valence-electron chi connectivity index (χ1n) is 7.10. The van der Waals surface area contributed by atoms with Gasteiger partial charge < -0.3 is 5.32 Å². The molecule has 0 unspecified atom stereocenters. The van der Waals surface area contributed by atoms with Gasteiger partial charge in [-0.15, -0.1) is 11.8 Å². The van der Waals surface area contributed by atoms with Gasteiger partial charge in [0.25, 0.3) is 0 Å². The van der Waals surface area contributed by atoms with Crippen molar-refractivity contribution in [1.29, 1.82) is 0 Å². The number of nitrogens with one attached hydrogen (secondary N) is 1. The maximum absolute atomic E-state index is 4.44. The summed E-state index contributed by atoms with van der Waals surface area (Å²) in [5.74, 6) is 2.06. The molecule has 0 saturated carbocycles. The molecule has 104 valence electrons. The molecule has 0 saturated heterocycles. The van der Waals surface area contributed by atoms with Crippen LogP contribution in [0.3, 0.4) is 0 Å². The Kier molecular flexibility index (Phi) is 3.24. The second-order valence-corrected chi connectivity index (χ2v) is 6.25. The third-order valence-corrected chi connectivity index (χ3v) is 4.93. The van der Waals surface area contributed by atoms with Crippen LogP contribution in [0.4, 0.5) is 5.82 Å². The lowest BCUT2D eigenvalue weighted by Gasteiger charge is -2.26. The van der Waals surface area contributed by atoms with Crippen LogP contribution in [0.1, 0.15) is 18.0 Å². The van der Waals surface area contributed by atoms with Crippen LogP contribution in [-0.4, -0.2) is 15.7 Å². The van der Waals surface area contributed by atoms with Crippen LogP contribution in [0.2, 0.25) is 0 Å². The van der Waals surface area contributed by atoms with Crippen LogP contribution < -0.4 is 5.32 Å². The van der Waals surface area contributed by atoms with Gasteiger partial charge in [-0.1, -0.05) is 30.3 Å². The minimum Gasteiger partial charge on any atom is -0.363 e. The summed E-state index contributed by atoms with van der Waals surface area (Å²) in [5, 5.41) is 4.69. The average molecular weight is 293 g/mol. The van der Waals surface area contributed by atoms with Crippen molar-refractivity contribution in [3.8, 4) is 0 Å². The highest BCUT2D eigenvalue weighted by Crippen LogP contribution is 2.38. The van der Waals surface area contributed by atoms with Crippen molar-refractivity contribution in [2.24, 2.45) is 0 Å². The zero-order valence-corrected chi connectivity index (χ0v) is 12.3. The van der Waals surface area contributed by atoms with Crippen LogP contribution >= 0.6 is 11.8 Å². The molecule has 1 aromatic heterocycles. The van der Waals surface area contributed by atoms with Gasteiger partial charge in [0.2, 0.25) is 0 Å². The topological polar surface area (TPSA) is 37.8 Å². The van der Waals surface area contributed by atoms with Crippen molar-refractivity contribution in [2.75, 3.05) is 11.1 Å². The predicted molar refractivity (Wildman–Crippen MR) is 87.7 cm³/mol. The molecular weight excluding hydrogens is 278 g/mol. The van der Waals surface area contributed by atoms with Crippen LogP contribution in [0.25, 0.3) is 10.9 Å². The molecule has 2 aromatic carbocycles. The van der Waals surface area contributed by atoms with Crippen molar-refractivity contribution >= 4 is 28.5 Å². The summed E-state index contributed by atoms with van der Waals surface area (Å²) in [7, 11) is 0. The molecule has 4 heteroatoms. The van der Waals surface area contributed by atoms with Gasteiger partial charge in [-0.25, -0.2) is 9.97 Å². The number of benzene rings is 2. The molecule has 0 amide bonds. The molecule has 1 aliphatic rings. The Labute approximate surface area is 127 Å². The van der Waals surface area contributed by atoms with Gasteiger partial charge in [-0.3, -0.25) is 0 Å². The summed E-state index contributed by atoms with van der Waals surface area (Å²) in [6.45, 7) is 0. The maximum Gasteiger partial charge on any atom is 0.137 e. The Bertz CT molecular complexity index is 782. The van der Waals surface area contributed by atoms with E-state index in [2.05, 4.69) is 45.6 Å². The number of anilines is 1. The molecular formula is C17H15N3S. The van der Waals surface area contributed by atoms with Crippen molar-refractivity contribution in [2.45, 2.75) is 17.4 Å². The van der Waals surface area contributed by atoms with Crippen LogP contribution in [0.5, 0.6) is 0 Å². The average Bonchev–Trinajstić information content (AvgIpc) is 2.56. The van der Waals surface area contributed by atoms with E-state index >= 15 is 0 Å². The number of aromatic nitrogens is 2. The number of rotatable bonds is 2. The largest absolute Gasteiger partial charge is 0.363 e. The summed E-state index contributed by atoms with van der Waals surface area (Å²) in [4.78, 5) is 10.1. The first kappa shape index (κ1) is 12.7. The summed E-state index contributed by atoms with van der Waals surface area (Å²) < 4.78 is 0. The van der Waals surface area contributed by atoms with Gasteiger partial charge >= 0.3 is 0 Å². The summed E-state index contributed by atoms with van der Waals surface area (Å²) >= 11 is 1.93. The first-order valence-corrected chi connectivity index (χ1v) is 8.08. The second kappa shape index (κ2) is 5.37. The minimum atomic E-state index is 0.320. The molecule has 0 spiro atoms. The van der Waals surface area contributed by atoms with Gasteiger partial charge in [0.15, 0.2) is 0 Å². The van der Waals surface area contributed by atoms with E-state index in [-0.39, 0.29) is 0 Å². The van der Waals surface area contributed by atoms with Gasteiger partial charge in [0, 0.05) is 16.0 Å². The molecule has 0 fully saturated rings. The van der Waals surface area contributed by atoms with E-state index in [9.17, 15) is 0 Å². The SMILES string of the molecule is c1ccc2c(c1)SCC[C@H]2Nc1ncnc2ccccc12. The lowest BCUT2D eigenvalue weighted by atomic mass is 10.0. The molecule has 0 aliphatic carbocycles. The van der Waals surface area contributed by atoms with Gasteiger partial charge in [-0.05, 0) is 30.2 Å². The highest BCUT2D eigenvalue weighted by Gasteiger charge is 2.21. The number of hydrogen-bond donors (Lipinski definition) is 1.